The lowest BCUT2D eigenvalue weighted by Crippen LogP contribution is -2.40. The first-order valence-electron chi connectivity index (χ1n) is 4.33. The first-order chi connectivity index (χ1) is 7.06. The molecule has 1 atom stereocenters. The highest BCUT2D eigenvalue weighted by Crippen LogP contribution is 2.12. The van der Waals surface area contributed by atoms with Crippen LogP contribution < -0.4 is 5.32 Å². The summed E-state index contributed by atoms with van der Waals surface area (Å²) in [4.78, 5) is 47.8. The van der Waals surface area contributed by atoms with E-state index in [9.17, 15) is 19.2 Å². The molecule has 1 aliphatic heterocycles. The van der Waals surface area contributed by atoms with Crippen molar-refractivity contribution < 1.29 is 24.0 Å². The van der Waals surface area contributed by atoms with Crippen LogP contribution >= 0.6 is 0 Å². The van der Waals surface area contributed by atoms with Crippen molar-refractivity contribution in [1.82, 2.24) is 10.4 Å². The van der Waals surface area contributed by atoms with Crippen molar-refractivity contribution in [3.63, 3.8) is 0 Å². The summed E-state index contributed by atoms with van der Waals surface area (Å²) in [5.41, 5.74) is 0. The molecule has 0 spiro atoms. The van der Waals surface area contributed by atoms with E-state index in [1.54, 1.807) is 0 Å². The Balaban J connectivity index is 2.53. The predicted octanol–water partition coefficient (Wildman–Crippen LogP) is -1.27. The Labute approximate surface area is 85.3 Å². The minimum atomic E-state index is -0.899. The fourth-order valence-corrected chi connectivity index (χ4v) is 0.997. The van der Waals surface area contributed by atoms with Crippen LogP contribution in [0.3, 0.4) is 0 Å². The average Bonchev–Trinajstić information content (AvgIpc) is 2.49. The highest BCUT2D eigenvalue weighted by molar-refractivity contribution is 6.01. The van der Waals surface area contributed by atoms with Gasteiger partial charge in [0.2, 0.25) is 6.41 Å². The van der Waals surface area contributed by atoms with E-state index in [1.807, 2.05) is 0 Å². The SMILES string of the molecule is CC(NC=O)C(=O)ON1C(=O)CCC1=O. The van der Waals surface area contributed by atoms with E-state index in [1.165, 1.54) is 6.92 Å². The molecule has 1 saturated heterocycles. The minimum absolute atomic E-state index is 0.0433. The fourth-order valence-electron chi connectivity index (χ4n) is 0.997. The van der Waals surface area contributed by atoms with Crippen molar-refractivity contribution in [2.24, 2.45) is 0 Å². The zero-order chi connectivity index (χ0) is 11.4. The Morgan fingerprint density at radius 1 is 1.47 bits per heavy atom. The maximum absolute atomic E-state index is 11.2. The number of amides is 3. The van der Waals surface area contributed by atoms with Crippen LogP contribution in [0, 0.1) is 0 Å². The van der Waals surface area contributed by atoms with E-state index in [0.717, 1.165) is 0 Å². The molecule has 82 valence electrons. The van der Waals surface area contributed by atoms with Crippen molar-refractivity contribution in [1.29, 1.82) is 0 Å². The number of hydrogen-bond acceptors (Lipinski definition) is 5. The summed E-state index contributed by atoms with van der Waals surface area (Å²) in [7, 11) is 0. The smallest absolute Gasteiger partial charge is 0.346 e. The van der Waals surface area contributed by atoms with Gasteiger partial charge in [-0.05, 0) is 6.92 Å². The van der Waals surface area contributed by atoms with Crippen LogP contribution in [0.1, 0.15) is 19.8 Å². The second-order valence-corrected chi connectivity index (χ2v) is 3.00. The molecule has 15 heavy (non-hydrogen) atoms. The molecule has 0 bridgehead atoms. The van der Waals surface area contributed by atoms with Crippen LogP contribution in [0.25, 0.3) is 0 Å². The third-order valence-electron chi connectivity index (χ3n) is 1.86. The topological polar surface area (TPSA) is 92.8 Å². The lowest BCUT2D eigenvalue weighted by molar-refractivity contribution is -0.198. The van der Waals surface area contributed by atoms with Gasteiger partial charge in [0.1, 0.15) is 6.04 Å². The summed E-state index contributed by atoms with van der Waals surface area (Å²) < 4.78 is 0. The van der Waals surface area contributed by atoms with Crippen molar-refractivity contribution in [2.75, 3.05) is 0 Å². The van der Waals surface area contributed by atoms with E-state index in [-0.39, 0.29) is 12.8 Å². The van der Waals surface area contributed by atoms with Gasteiger partial charge in [0.15, 0.2) is 0 Å². The van der Waals surface area contributed by atoms with Crippen molar-refractivity contribution in [3.05, 3.63) is 0 Å². The second kappa shape index (κ2) is 4.54. The number of nitrogens with one attached hydrogen (secondary N) is 1. The zero-order valence-electron chi connectivity index (χ0n) is 8.06. The molecule has 3 amide bonds. The minimum Gasteiger partial charge on any atom is -0.346 e. The van der Waals surface area contributed by atoms with Gasteiger partial charge in [0.25, 0.3) is 11.8 Å². The van der Waals surface area contributed by atoms with E-state index >= 15 is 0 Å². The molecule has 0 radical (unpaired) electrons. The fraction of sp³-hybridized carbons (Fsp3) is 0.500. The van der Waals surface area contributed by atoms with E-state index < -0.39 is 23.8 Å². The summed E-state index contributed by atoms with van der Waals surface area (Å²) in [6.45, 7) is 1.38. The van der Waals surface area contributed by atoms with Crippen LogP contribution in [-0.4, -0.2) is 35.3 Å². The molecule has 0 aliphatic carbocycles. The van der Waals surface area contributed by atoms with Gasteiger partial charge in [-0.15, -0.1) is 5.06 Å². The quantitative estimate of drug-likeness (QED) is 0.465. The summed E-state index contributed by atoms with van der Waals surface area (Å²) in [5, 5.41) is 2.58. The summed E-state index contributed by atoms with van der Waals surface area (Å²) in [6, 6.07) is -0.899. The molecule has 0 aromatic heterocycles. The lowest BCUT2D eigenvalue weighted by Gasteiger charge is -2.15. The van der Waals surface area contributed by atoms with E-state index in [0.29, 0.717) is 11.5 Å². The van der Waals surface area contributed by atoms with Crippen molar-refractivity contribution in [3.8, 4) is 0 Å². The predicted molar refractivity (Wildman–Crippen MR) is 45.8 cm³/mol. The molecule has 1 heterocycles. The van der Waals surface area contributed by atoms with Crippen LogP contribution in [0.4, 0.5) is 0 Å². The largest absolute Gasteiger partial charge is 0.354 e. The van der Waals surface area contributed by atoms with Gasteiger partial charge in [-0.2, -0.15) is 0 Å². The molecule has 0 aromatic carbocycles. The van der Waals surface area contributed by atoms with E-state index in [2.05, 4.69) is 10.2 Å². The average molecular weight is 214 g/mol. The number of hydroxylamine groups is 2. The summed E-state index contributed by atoms with van der Waals surface area (Å²) >= 11 is 0. The first-order valence-corrected chi connectivity index (χ1v) is 4.33. The monoisotopic (exact) mass is 214 g/mol. The number of nitrogens with zero attached hydrogens (tertiary/aromatic N) is 1. The number of imide groups is 1. The molecule has 1 rings (SSSR count). The maximum Gasteiger partial charge on any atom is 0.354 e. The van der Waals surface area contributed by atoms with Crippen LogP contribution in [0.5, 0.6) is 0 Å². The molecule has 1 N–H and O–H groups in total. The first kappa shape index (κ1) is 11.2. The third kappa shape index (κ3) is 2.52. The molecule has 1 fully saturated rings. The van der Waals surface area contributed by atoms with Crippen LogP contribution in [0.2, 0.25) is 0 Å². The van der Waals surface area contributed by atoms with Gasteiger partial charge in [0, 0.05) is 12.8 Å². The summed E-state index contributed by atoms with van der Waals surface area (Å²) in [5.74, 6) is -1.95. The normalized spacial score (nSPS) is 17.5. The third-order valence-corrected chi connectivity index (χ3v) is 1.86. The van der Waals surface area contributed by atoms with Gasteiger partial charge >= 0.3 is 5.97 Å². The molecule has 1 unspecified atom stereocenters. The maximum atomic E-state index is 11.2. The number of rotatable bonds is 4. The van der Waals surface area contributed by atoms with Crippen molar-refractivity contribution >= 4 is 24.2 Å². The molecule has 0 saturated carbocycles. The number of carbonyl (C=O) groups is 4. The molecule has 0 aromatic rings. The Morgan fingerprint density at radius 2 is 2.00 bits per heavy atom. The zero-order valence-corrected chi connectivity index (χ0v) is 8.06. The molecule has 1 aliphatic rings. The Morgan fingerprint density at radius 3 is 2.47 bits per heavy atom. The highest BCUT2D eigenvalue weighted by Gasteiger charge is 2.33. The van der Waals surface area contributed by atoms with Crippen LogP contribution in [0.15, 0.2) is 0 Å². The molecular formula is C8H10N2O5. The Kier molecular flexibility index (Phi) is 3.37. The molecule has 7 heteroatoms. The van der Waals surface area contributed by atoms with E-state index in [4.69, 9.17) is 0 Å². The van der Waals surface area contributed by atoms with Gasteiger partial charge in [-0.3, -0.25) is 14.4 Å². The standard InChI is InChI=1S/C8H10N2O5/c1-5(9-4-11)8(14)15-10-6(12)2-3-7(10)13/h4-5H,2-3H2,1H3,(H,9,11). The van der Waals surface area contributed by atoms with Gasteiger partial charge < -0.3 is 10.2 Å². The number of carbonyl (C=O) groups excluding carboxylic acids is 4. The molecule has 7 nitrogen and oxygen atoms in total. The van der Waals surface area contributed by atoms with Crippen LogP contribution in [-0.2, 0) is 24.0 Å². The van der Waals surface area contributed by atoms with Gasteiger partial charge in [-0.1, -0.05) is 0 Å². The summed E-state index contributed by atoms with van der Waals surface area (Å²) in [6.07, 6.45) is 0.419. The Hall–Kier alpha value is -1.92. The van der Waals surface area contributed by atoms with Gasteiger partial charge in [0.05, 0.1) is 0 Å². The second-order valence-electron chi connectivity index (χ2n) is 3.00. The van der Waals surface area contributed by atoms with Gasteiger partial charge in [-0.25, -0.2) is 4.79 Å². The number of hydrogen-bond donors (Lipinski definition) is 1. The Bertz CT molecular complexity index is 298. The van der Waals surface area contributed by atoms with Crippen molar-refractivity contribution in [2.45, 2.75) is 25.8 Å². The highest BCUT2D eigenvalue weighted by atomic mass is 16.7. The lowest BCUT2D eigenvalue weighted by atomic mass is 10.4. The molecular weight excluding hydrogens is 204 g/mol.